The number of hydrogen-bond acceptors (Lipinski definition) is 1. The summed E-state index contributed by atoms with van der Waals surface area (Å²) in [6.07, 6.45) is -7.60. The van der Waals surface area contributed by atoms with E-state index in [1.165, 1.54) is 0 Å². The second-order valence-electron chi connectivity index (χ2n) is 4.42. The van der Waals surface area contributed by atoms with Crippen LogP contribution in [0.3, 0.4) is 0 Å². The lowest BCUT2D eigenvalue weighted by molar-refractivity contribution is -0.396. The van der Waals surface area contributed by atoms with Crippen molar-refractivity contribution in [1.29, 1.82) is 0 Å². The van der Waals surface area contributed by atoms with Gasteiger partial charge in [0.25, 0.3) is 0 Å². The predicted molar refractivity (Wildman–Crippen MR) is 41.2 cm³/mol. The molecule has 0 aliphatic heterocycles. The first-order valence-electron chi connectivity index (χ1n) is 4.88. The molecule has 1 aliphatic carbocycles. The quantitative estimate of drug-likeness (QED) is 0.748. The molecule has 2 unspecified atom stereocenters. The molecule has 2 nitrogen and oxygen atoms in total. The highest BCUT2D eigenvalue weighted by molar-refractivity contribution is 5.83. The van der Waals surface area contributed by atoms with Crippen LogP contribution in [-0.2, 0) is 4.79 Å². The van der Waals surface area contributed by atoms with Gasteiger partial charge >= 0.3 is 47.2 Å². The Morgan fingerprint density at radius 1 is 0.696 bits per heavy atom. The Morgan fingerprint density at radius 3 is 1.26 bits per heavy atom. The summed E-state index contributed by atoms with van der Waals surface area (Å²) in [5.41, 5.74) is -15.0. The fraction of sp³-hybridized carbons (Fsp3) is 0.875. The van der Waals surface area contributed by atoms with Gasteiger partial charge in [0.05, 0.1) is 0 Å². The minimum Gasteiger partial charge on any atom is -0.479 e. The summed E-state index contributed by atoms with van der Waals surface area (Å²) in [6.45, 7) is 0. The van der Waals surface area contributed by atoms with E-state index in [2.05, 4.69) is 0 Å². The zero-order chi connectivity index (χ0) is 19.1. The average Bonchev–Trinajstić information content (AvgIpc) is 2.38. The van der Waals surface area contributed by atoms with Crippen LogP contribution in [0.25, 0.3) is 0 Å². The molecule has 2 atom stereocenters. The first-order valence-corrected chi connectivity index (χ1v) is 4.88. The molecule has 23 heavy (non-hydrogen) atoms. The monoisotopic (exact) mass is 376 g/mol. The Labute approximate surface area is 115 Å². The van der Waals surface area contributed by atoms with Crippen LogP contribution in [0.2, 0.25) is 0 Å². The molecule has 1 N–H and O–H groups in total. The first kappa shape index (κ1) is 19.6. The van der Waals surface area contributed by atoms with Gasteiger partial charge in [0.2, 0.25) is 0 Å². The van der Waals surface area contributed by atoms with Crippen LogP contribution >= 0.6 is 0 Å². The zero-order valence-electron chi connectivity index (χ0n) is 9.77. The molecule has 0 heterocycles. The molecule has 1 rings (SSSR count). The van der Waals surface area contributed by atoms with Gasteiger partial charge in [-0.25, -0.2) is 13.6 Å². The number of alkyl halides is 13. The minimum atomic E-state index is -7.93. The molecule has 0 spiro atoms. The van der Waals surface area contributed by atoms with E-state index in [9.17, 15) is 61.9 Å². The van der Waals surface area contributed by atoms with Crippen LogP contribution in [0.5, 0.6) is 0 Å². The summed E-state index contributed by atoms with van der Waals surface area (Å²) in [7, 11) is 0. The van der Waals surface area contributed by atoms with Crippen molar-refractivity contribution in [1.82, 2.24) is 0 Å². The molecular weight excluding hydrogens is 375 g/mol. The van der Waals surface area contributed by atoms with Gasteiger partial charge in [0.1, 0.15) is 0 Å². The van der Waals surface area contributed by atoms with Crippen molar-refractivity contribution in [3.8, 4) is 0 Å². The number of halogens is 13. The van der Waals surface area contributed by atoms with Crippen molar-refractivity contribution >= 4 is 5.97 Å². The number of rotatable bonds is 2. The second-order valence-corrected chi connectivity index (χ2v) is 4.42. The summed E-state index contributed by atoms with van der Waals surface area (Å²) < 4.78 is 167. The van der Waals surface area contributed by atoms with Gasteiger partial charge in [0.15, 0.2) is 0 Å². The van der Waals surface area contributed by atoms with Crippen molar-refractivity contribution in [2.75, 3.05) is 0 Å². The molecule has 0 aromatic heterocycles. The molecule has 0 aromatic carbocycles. The third kappa shape index (κ3) is 1.55. The van der Waals surface area contributed by atoms with Crippen LogP contribution in [0.15, 0.2) is 0 Å². The van der Waals surface area contributed by atoms with Crippen LogP contribution in [-0.4, -0.2) is 52.3 Å². The fourth-order valence-electron chi connectivity index (χ4n) is 1.92. The molecule has 0 saturated heterocycles. The Bertz CT molecular complexity index is 537. The maximum Gasteiger partial charge on any atom is 0.457 e. The Balaban J connectivity index is 4.00. The molecular formula is C8HF13O2. The van der Waals surface area contributed by atoms with Crippen molar-refractivity contribution in [2.24, 2.45) is 0 Å². The highest BCUT2D eigenvalue weighted by Gasteiger charge is 3.08. The summed E-state index contributed by atoms with van der Waals surface area (Å²) in [5.74, 6) is -35.0. The van der Waals surface area contributed by atoms with Gasteiger partial charge < -0.3 is 5.11 Å². The van der Waals surface area contributed by atoms with Gasteiger partial charge in [-0.1, -0.05) is 0 Å². The number of aliphatic carboxylic acids is 1. The highest BCUT2D eigenvalue weighted by atomic mass is 19.4. The van der Waals surface area contributed by atoms with E-state index in [0.717, 1.165) is 0 Å². The highest BCUT2D eigenvalue weighted by Crippen LogP contribution is 2.73. The second kappa shape index (κ2) is 4.15. The largest absolute Gasteiger partial charge is 0.479 e. The predicted octanol–water partition coefficient (Wildman–Crippen LogP) is 3.60. The zero-order valence-corrected chi connectivity index (χ0v) is 9.77. The Kier molecular flexibility index (Phi) is 3.53. The van der Waals surface area contributed by atoms with Crippen molar-refractivity contribution in [3.05, 3.63) is 0 Å². The lowest BCUT2D eigenvalue weighted by Crippen LogP contribution is -2.70. The van der Waals surface area contributed by atoms with E-state index >= 15 is 0 Å². The van der Waals surface area contributed by atoms with E-state index in [0.29, 0.717) is 0 Å². The van der Waals surface area contributed by atoms with Crippen LogP contribution < -0.4 is 0 Å². The van der Waals surface area contributed by atoms with Crippen molar-refractivity contribution < 1.29 is 67.0 Å². The number of carbonyl (C=O) groups is 1. The SMILES string of the molecule is O=C(O)C1(F)C(F)(F)C(F)(F)C(F)(C(F)(F)C(F)(F)F)C1(F)F. The molecule has 1 fully saturated rings. The number of carboxylic acid groups (broad SMARTS) is 1. The van der Waals surface area contributed by atoms with Gasteiger partial charge in [-0.05, 0) is 0 Å². The van der Waals surface area contributed by atoms with Crippen LogP contribution in [0.1, 0.15) is 0 Å². The summed E-state index contributed by atoms with van der Waals surface area (Å²) >= 11 is 0. The normalized spacial score (nSPS) is 36.0. The van der Waals surface area contributed by atoms with Crippen molar-refractivity contribution in [3.63, 3.8) is 0 Å². The molecule has 0 amide bonds. The average molecular weight is 376 g/mol. The van der Waals surface area contributed by atoms with Gasteiger partial charge in [-0.2, -0.15) is 48.3 Å². The summed E-state index contributed by atoms with van der Waals surface area (Å²) in [5, 5.41) is 7.92. The third-order valence-corrected chi connectivity index (χ3v) is 3.21. The number of carboxylic acids is 1. The first-order chi connectivity index (χ1) is 9.69. The molecule has 1 saturated carbocycles. The van der Waals surface area contributed by atoms with E-state index < -0.39 is 47.2 Å². The molecule has 0 bridgehead atoms. The summed E-state index contributed by atoms with van der Waals surface area (Å²) in [6, 6.07) is 0. The number of hydrogen-bond donors (Lipinski definition) is 1. The molecule has 0 radical (unpaired) electrons. The summed E-state index contributed by atoms with van der Waals surface area (Å²) in [4.78, 5) is 10.1. The van der Waals surface area contributed by atoms with E-state index in [1.807, 2.05) is 0 Å². The topological polar surface area (TPSA) is 37.3 Å². The van der Waals surface area contributed by atoms with Crippen molar-refractivity contribution in [2.45, 2.75) is 41.2 Å². The molecule has 15 heteroatoms. The minimum absolute atomic E-state index is 4.26. The van der Waals surface area contributed by atoms with E-state index in [4.69, 9.17) is 5.11 Å². The van der Waals surface area contributed by atoms with Crippen LogP contribution in [0, 0.1) is 0 Å². The van der Waals surface area contributed by atoms with E-state index in [1.54, 1.807) is 0 Å². The molecule has 0 aromatic rings. The standard InChI is InChI=1S/C8HF13O2/c9-2(1(22)23)4(11,12)3(10,6(15,16)5(2,13)14)7(17,18)8(19,20)21/h(H,22,23). The van der Waals surface area contributed by atoms with Gasteiger partial charge in [0, 0.05) is 0 Å². The Hall–Kier alpha value is -1.44. The van der Waals surface area contributed by atoms with Gasteiger partial charge in [-0.3, -0.25) is 0 Å². The van der Waals surface area contributed by atoms with Crippen LogP contribution in [0.4, 0.5) is 57.1 Å². The Morgan fingerprint density at radius 2 is 1.04 bits per heavy atom. The fourth-order valence-corrected chi connectivity index (χ4v) is 1.92. The molecule has 136 valence electrons. The lowest BCUT2D eigenvalue weighted by Gasteiger charge is -2.38. The third-order valence-electron chi connectivity index (χ3n) is 3.21. The smallest absolute Gasteiger partial charge is 0.457 e. The maximum absolute atomic E-state index is 13.5. The lowest BCUT2D eigenvalue weighted by atomic mass is 9.87. The maximum atomic E-state index is 13.5. The van der Waals surface area contributed by atoms with Gasteiger partial charge in [-0.15, -0.1) is 0 Å². The molecule has 1 aliphatic rings. The van der Waals surface area contributed by atoms with E-state index in [-0.39, 0.29) is 0 Å².